The maximum absolute atomic E-state index is 4.12. The van der Waals surface area contributed by atoms with Crippen molar-refractivity contribution in [3.05, 3.63) is 420 Å². The number of rotatable bonds is 15. The molecule has 94 heavy (non-hydrogen) atoms. The predicted octanol–water partition coefficient (Wildman–Crippen LogP) is 24.3. The lowest BCUT2D eigenvalue weighted by Gasteiger charge is -2.35. The number of aryl methyl sites for hydroxylation is 2. The molecule has 2 heteroatoms. The number of fused-ring (bicyclic) bond motifs is 6. The minimum Gasteiger partial charge on any atom is -0.310 e. The van der Waals surface area contributed by atoms with Crippen molar-refractivity contribution in [3.8, 4) is 55.6 Å². The summed E-state index contributed by atoms with van der Waals surface area (Å²) in [6.45, 7) is 12.6. The second-order valence-corrected chi connectivity index (χ2v) is 25.0. The molecule has 0 spiro atoms. The van der Waals surface area contributed by atoms with E-state index in [1.54, 1.807) is 0 Å². The molecular formula is C92H68N2. The van der Waals surface area contributed by atoms with Gasteiger partial charge in [-0.25, -0.2) is 0 Å². The minimum atomic E-state index is -0.591. The van der Waals surface area contributed by atoms with Crippen LogP contribution in [0.3, 0.4) is 0 Å². The molecule has 16 rings (SSSR count). The lowest BCUT2D eigenvalue weighted by Crippen LogP contribution is -2.29. The lowest BCUT2D eigenvalue weighted by molar-refractivity contribution is 0.768. The van der Waals surface area contributed by atoms with Crippen molar-refractivity contribution in [1.82, 2.24) is 0 Å². The molecule has 0 aromatic heterocycles. The van der Waals surface area contributed by atoms with Gasteiger partial charge in [0, 0.05) is 34.1 Å². The largest absolute Gasteiger partial charge is 0.310 e. The molecule has 446 valence electrons. The molecule has 0 aliphatic heterocycles. The standard InChI is InChI=1S/C92H68N2/c1-5-65-29-45-75(46-30-65)91(73-41-25-63(3)26-42-73)87-23-15-13-21-83(87)85-59-57-81(61-89(85)91)93(77-49-33-69(34-50-77)67-17-9-7-10-18-67)79-53-37-71(38-54-79)72-39-55-80(56-40-72)94(78-51-35-70(36-52-78)68-19-11-8-12-20-68)82-58-60-86-84-22-14-16-24-88(84)92(90(86)62-82,74-43-27-64(4)28-44-74)76-47-31-66(6-2)32-48-76/h5-62H,1-2H2,3-4H3. The number of hydrogen-bond donors (Lipinski definition) is 0. The Balaban J connectivity index is 0.810. The summed E-state index contributed by atoms with van der Waals surface area (Å²) < 4.78 is 0. The van der Waals surface area contributed by atoms with E-state index in [4.69, 9.17) is 0 Å². The smallest absolute Gasteiger partial charge is 0.0714 e. The van der Waals surface area contributed by atoms with Crippen LogP contribution in [0.25, 0.3) is 67.8 Å². The van der Waals surface area contributed by atoms with Crippen LogP contribution in [0.5, 0.6) is 0 Å². The van der Waals surface area contributed by atoms with Gasteiger partial charge in [0.05, 0.1) is 10.8 Å². The van der Waals surface area contributed by atoms with Crippen molar-refractivity contribution >= 4 is 46.3 Å². The van der Waals surface area contributed by atoms with E-state index in [2.05, 4.69) is 377 Å². The number of benzene rings is 14. The van der Waals surface area contributed by atoms with Crippen LogP contribution < -0.4 is 9.80 Å². The third-order valence-corrected chi connectivity index (χ3v) is 19.8. The zero-order valence-corrected chi connectivity index (χ0v) is 52.8. The molecule has 14 aromatic carbocycles. The van der Waals surface area contributed by atoms with Crippen LogP contribution in [-0.4, -0.2) is 0 Å². The van der Waals surface area contributed by atoms with Gasteiger partial charge >= 0.3 is 0 Å². The van der Waals surface area contributed by atoms with Gasteiger partial charge < -0.3 is 9.80 Å². The lowest BCUT2D eigenvalue weighted by atomic mass is 9.67. The molecule has 2 aliphatic rings. The van der Waals surface area contributed by atoms with Crippen molar-refractivity contribution in [1.29, 1.82) is 0 Å². The summed E-state index contributed by atoms with van der Waals surface area (Å²) in [6.07, 6.45) is 3.85. The molecular weight excluding hydrogens is 1130 g/mol. The van der Waals surface area contributed by atoms with Crippen LogP contribution in [0.2, 0.25) is 0 Å². The van der Waals surface area contributed by atoms with Crippen LogP contribution in [0.1, 0.15) is 66.8 Å². The molecule has 0 bridgehead atoms. The van der Waals surface area contributed by atoms with Crippen molar-refractivity contribution in [2.75, 3.05) is 9.80 Å². The van der Waals surface area contributed by atoms with E-state index in [-0.39, 0.29) is 0 Å². The van der Waals surface area contributed by atoms with E-state index >= 15 is 0 Å². The Labute approximate surface area is 552 Å². The van der Waals surface area contributed by atoms with Gasteiger partial charge in [0.15, 0.2) is 0 Å². The number of nitrogens with zero attached hydrogens (tertiary/aromatic N) is 2. The first-order chi connectivity index (χ1) is 46.3. The van der Waals surface area contributed by atoms with Crippen molar-refractivity contribution in [2.45, 2.75) is 24.7 Å². The SMILES string of the molecule is C=Cc1ccc(C2(c3ccc(C)cc3)c3ccccc3-c3ccc(N(c4ccc(-c5ccccc5)cc4)c4ccc(-c5ccc(N(c6ccc(-c7ccccc7)cc6)c6ccc7c(c6)C(c6ccc(C)cc6)(c6ccc(C=C)cc6)c6ccccc6-7)cc5)cc4)cc32)cc1. The second-order valence-electron chi connectivity index (χ2n) is 25.0. The van der Waals surface area contributed by atoms with Gasteiger partial charge in [0.1, 0.15) is 0 Å². The monoisotopic (exact) mass is 1200 g/mol. The van der Waals surface area contributed by atoms with Crippen LogP contribution in [0.4, 0.5) is 34.1 Å². The quantitative estimate of drug-likeness (QED) is 0.101. The molecule has 0 saturated carbocycles. The van der Waals surface area contributed by atoms with E-state index in [0.717, 1.165) is 56.4 Å². The molecule has 0 radical (unpaired) electrons. The van der Waals surface area contributed by atoms with E-state index < -0.39 is 10.8 Å². The maximum atomic E-state index is 4.12. The summed E-state index contributed by atoms with van der Waals surface area (Å²) in [4.78, 5) is 4.84. The molecule has 0 amide bonds. The summed E-state index contributed by atoms with van der Waals surface area (Å²) >= 11 is 0. The topological polar surface area (TPSA) is 6.48 Å². The summed E-state index contributed by atoms with van der Waals surface area (Å²) in [5.41, 5.74) is 31.7. The minimum absolute atomic E-state index is 0.591. The highest BCUT2D eigenvalue weighted by molar-refractivity contribution is 5.92. The molecule has 2 aliphatic carbocycles. The zero-order chi connectivity index (χ0) is 63.3. The summed E-state index contributed by atoms with van der Waals surface area (Å²) in [6, 6.07) is 126. The highest BCUT2D eigenvalue weighted by Gasteiger charge is 2.48. The Hall–Kier alpha value is -11.8. The van der Waals surface area contributed by atoms with Crippen LogP contribution in [0, 0.1) is 13.8 Å². The van der Waals surface area contributed by atoms with E-state index in [1.165, 1.54) is 100 Å². The molecule has 0 N–H and O–H groups in total. The van der Waals surface area contributed by atoms with Crippen molar-refractivity contribution in [2.24, 2.45) is 0 Å². The Morgan fingerprint density at radius 1 is 0.234 bits per heavy atom. The Bertz CT molecular complexity index is 4780. The molecule has 2 unspecified atom stereocenters. The zero-order valence-electron chi connectivity index (χ0n) is 52.8. The van der Waals surface area contributed by atoms with Crippen LogP contribution >= 0.6 is 0 Å². The van der Waals surface area contributed by atoms with E-state index in [1.807, 2.05) is 12.2 Å². The van der Waals surface area contributed by atoms with E-state index in [9.17, 15) is 0 Å². The fourth-order valence-corrected chi connectivity index (χ4v) is 15.1. The number of anilines is 6. The molecule has 14 aromatic rings. The Morgan fingerprint density at radius 3 is 0.798 bits per heavy atom. The van der Waals surface area contributed by atoms with Crippen LogP contribution in [0.15, 0.2) is 353 Å². The van der Waals surface area contributed by atoms with E-state index in [0.29, 0.717) is 0 Å². The van der Waals surface area contributed by atoms with Crippen LogP contribution in [-0.2, 0) is 10.8 Å². The molecule has 0 fully saturated rings. The van der Waals surface area contributed by atoms with Gasteiger partial charge in [-0.15, -0.1) is 0 Å². The van der Waals surface area contributed by atoms with Gasteiger partial charge in [-0.1, -0.05) is 303 Å². The fraction of sp³-hybridized carbons (Fsp3) is 0.0435. The first kappa shape index (κ1) is 57.3. The van der Waals surface area contributed by atoms with Gasteiger partial charge in [0.25, 0.3) is 0 Å². The Kier molecular flexibility index (Phi) is 14.5. The van der Waals surface area contributed by atoms with Gasteiger partial charge in [-0.2, -0.15) is 0 Å². The highest BCUT2D eigenvalue weighted by Crippen LogP contribution is 2.59. The Morgan fingerprint density at radius 2 is 0.489 bits per heavy atom. The first-order valence-electron chi connectivity index (χ1n) is 32.5. The van der Waals surface area contributed by atoms with Gasteiger partial charge in [-0.05, 0) is 198 Å². The fourth-order valence-electron chi connectivity index (χ4n) is 15.1. The summed E-state index contributed by atoms with van der Waals surface area (Å²) in [5, 5.41) is 0. The summed E-state index contributed by atoms with van der Waals surface area (Å²) in [7, 11) is 0. The molecule has 2 atom stereocenters. The highest BCUT2D eigenvalue weighted by atomic mass is 15.1. The van der Waals surface area contributed by atoms with Gasteiger partial charge in [-0.3, -0.25) is 0 Å². The number of hydrogen-bond acceptors (Lipinski definition) is 2. The maximum Gasteiger partial charge on any atom is 0.0714 e. The van der Waals surface area contributed by atoms with Crippen molar-refractivity contribution < 1.29 is 0 Å². The molecule has 2 nitrogen and oxygen atoms in total. The van der Waals surface area contributed by atoms with Gasteiger partial charge in [0.2, 0.25) is 0 Å². The second kappa shape index (κ2) is 23.8. The third-order valence-electron chi connectivity index (χ3n) is 19.8. The average Bonchev–Trinajstić information content (AvgIpc) is 1.54. The molecule has 0 heterocycles. The first-order valence-corrected chi connectivity index (χ1v) is 32.5. The van der Waals surface area contributed by atoms with Crippen molar-refractivity contribution in [3.63, 3.8) is 0 Å². The normalized spacial score (nSPS) is 14.9. The third kappa shape index (κ3) is 9.65. The predicted molar refractivity (Wildman–Crippen MR) is 396 cm³/mol. The average molecular weight is 1200 g/mol. The summed E-state index contributed by atoms with van der Waals surface area (Å²) in [5.74, 6) is 0. The molecule has 0 saturated heterocycles.